The second kappa shape index (κ2) is 6.15. The molecular weight excluding hydrogens is 288 g/mol. The molecule has 9 nitrogen and oxygen atoms in total. The molecule has 1 saturated heterocycles. The lowest BCUT2D eigenvalue weighted by Crippen LogP contribution is -2.45. The van der Waals surface area contributed by atoms with Crippen molar-refractivity contribution in [3.05, 3.63) is 0 Å². The lowest BCUT2D eigenvalue weighted by atomic mass is 10.3. The summed E-state index contributed by atoms with van der Waals surface area (Å²) in [5.41, 5.74) is 0. The molecule has 0 aromatic rings. The maximum absolute atomic E-state index is 11.6. The molecular formula is C9H11ClO9. The summed E-state index contributed by atoms with van der Waals surface area (Å²) in [6.07, 6.45) is -3.50. The van der Waals surface area contributed by atoms with E-state index in [1.807, 2.05) is 0 Å². The van der Waals surface area contributed by atoms with Crippen molar-refractivity contribution in [2.45, 2.75) is 17.3 Å². The van der Waals surface area contributed by atoms with Crippen LogP contribution in [0.1, 0.15) is 0 Å². The minimum absolute atomic E-state index is 0.935. The van der Waals surface area contributed by atoms with Gasteiger partial charge in [0.15, 0.2) is 0 Å². The molecule has 1 aliphatic rings. The Labute approximate surface area is 111 Å². The van der Waals surface area contributed by atoms with Gasteiger partial charge >= 0.3 is 23.0 Å². The van der Waals surface area contributed by atoms with Gasteiger partial charge in [0.2, 0.25) is 12.2 Å². The average Bonchev–Trinajstić information content (AvgIpc) is 2.42. The fourth-order valence-electron chi connectivity index (χ4n) is 1.12. The molecule has 3 atom stereocenters. The molecule has 3 unspecified atom stereocenters. The van der Waals surface area contributed by atoms with Gasteiger partial charge < -0.3 is 29.5 Å². The molecule has 1 aliphatic heterocycles. The molecule has 1 heterocycles. The van der Waals surface area contributed by atoms with Crippen molar-refractivity contribution in [1.82, 2.24) is 0 Å². The Morgan fingerprint density at radius 3 is 2.00 bits per heavy atom. The van der Waals surface area contributed by atoms with Crippen molar-refractivity contribution >= 4 is 29.5 Å². The number of aliphatic hydroxyl groups is 3. The minimum Gasteiger partial charge on any atom is -0.445 e. The topological polar surface area (TPSA) is 140 Å². The summed E-state index contributed by atoms with van der Waals surface area (Å²) in [5, 5.41) is 24.2. The maximum atomic E-state index is 11.6. The molecule has 0 aromatic heterocycles. The van der Waals surface area contributed by atoms with Gasteiger partial charge in [-0.1, -0.05) is 11.6 Å². The van der Waals surface area contributed by atoms with Gasteiger partial charge in [0.05, 0.1) is 13.2 Å². The van der Waals surface area contributed by atoms with E-state index in [9.17, 15) is 14.4 Å². The minimum atomic E-state index is -2.58. The highest BCUT2D eigenvalue weighted by Crippen LogP contribution is 2.23. The molecule has 1 fully saturated rings. The summed E-state index contributed by atoms with van der Waals surface area (Å²) in [7, 11) is 0. The van der Waals surface area contributed by atoms with Crippen molar-refractivity contribution in [3.63, 3.8) is 0 Å². The van der Waals surface area contributed by atoms with Crippen LogP contribution in [-0.4, -0.2) is 70.3 Å². The SMILES string of the molecule is O=C1OC(Cl)(CO)C(=O)OC(CO)C(=O)OC1CO. The number of hydrogen-bond acceptors (Lipinski definition) is 9. The molecule has 0 aliphatic carbocycles. The van der Waals surface area contributed by atoms with Crippen LogP contribution in [0.2, 0.25) is 0 Å². The third-order valence-electron chi connectivity index (χ3n) is 2.14. The van der Waals surface area contributed by atoms with Crippen molar-refractivity contribution in [2.75, 3.05) is 19.8 Å². The molecule has 19 heavy (non-hydrogen) atoms. The smallest absolute Gasteiger partial charge is 0.370 e. The molecule has 0 amide bonds. The maximum Gasteiger partial charge on any atom is 0.370 e. The van der Waals surface area contributed by atoms with Gasteiger partial charge in [0.1, 0.15) is 6.61 Å². The third-order valence-corrected chi connectivity index (χ3v) is 2.49. The first kappa shape index (κ1) is 15.6. The molecule has 0 bridgehead atoms. The number of rotatable bonds is 3. The molecule has 0 saturated carbocycles. The van der Waals surface area contributed by atoms with Crippen molar-refractivity contribution in [1.29, 1.82) is 0 Å². The van der Waals surface area contributed by atoms with Gasteiger partial charge in [-0.15, -0.1) is 0 Å². The standard InChI is InChI=1S/C9H11ClO9/c10-9(3-13)8(16)18-4(1-11)6(14)17-5(2-12)7(15)19-9/h4-5,11-13H,1-3H2. The zero-order chi connectivity index (χ0) is 14.6. The first-order valence-electron chi connectivity index (χ1n) is 5.04. The monoisotopic (exact) mass is 298 g/mol. The second-order valence-corrected chi connectivity index (χ2v) is 4.10. The van der Waals surface area contributed by atoms with E-state index in [0.29, 0.717) is 0 Å². The summed E-state index contributed by atoms with van der Waals surface area (Å²) in [6, 6.07) is 0. The molecule has 0 spiro atoms. The van der Waals surface area contributed by atoms with Gasteiger partial charge in [-0.25, -0.2) is 14.4 Å². The number of carbonyl (C=O) groups is 3. The van der Waals surface area contributed by atoms with E-state index in [0.717, 1.165) is 0 Å². The molecule has 108 valence electrons. The van der Waals surface area contributed by atoms with Crippen molar-refractivity contribution < 1.29 is 43.9 Å². The van der Waals surface area contributed by atoms with Crippen LogP contribution in [0.25, 0.3) is 0 Å². The zero-order valence-corrected chi connectivity index (χ0v) is 10.2. The van der Waals surface area contributed by atoms with E-state index < -0.39 is 55.0 Å². The van der Waals surface area contributed by atoms with Crippen LogP contribution in [0.5, 0.6) is 0 Å². The summed E-state index contributed by atoms with van der Waals surface area (Å²) in [6.45, 7) is -3.01. The van der Waals surface area contributed by atoms with Crippen LogP contribution < -0.4 is 0 Å². The summed E-state index contributed by atoms with van der Waals surface area (Å²) in [5.74, 6) is -4.04. The Balaban J connectivity index is 3.10. The Morgan fingerprint density at radius 1 is 1.00 bits per heavy atom. The van der Waals surface area contributed by atoms with Crippen LogP contribution in [0.4, 0.5) is 0 Å². The first-order chi connectivity index (χ1) is 8.87. The van der Waals surface area contributed by atoms with Crippen molar-refractivity contribution in [2.24, 2.45) is 0 Å². The van der Waals surface area contributed by atoms with Gasteiger partial charge in [-0.05, 0) is 0 Å². The fourth-order valence-corrected chi connectivity index (χ4v) is 1.24. The van der Waals surface area contributed by atoms with E-state index in [4.69, 9.17) is 26.9 Å². The first-order valence-corrected chi connectivity index (χ1v) is 5.41. The van der Waals surface area contributed by atoms with Crippen LogP contribution in [-0.2, 0) is 28.6 Å². The number of alkyl halides is 1. The van der Waals surface area contributed by atoms with E-state index in [2.05, 4.69) is 14.2 Å². The predicted octanol–water partition coefficient (Wildman–Crippen LogP) is -2.72. The average molecular weight is 299 g/mol. The quantitative estimate of drug-likeness (QED) is 0.288. The van der Waals surface area contributed by atoms with E-state index in [1.54, 1.807) is 0 Å². The van der Waals surface area contributed by atoms with Gasteiger partial charge in [-0.3, -0.25) is 0 Å². The predicted molar refractivity (Wildman–Crippen MR) is 55.7 cm³/mol. The lowest BCUT2D eigenvalue weighted by Gasteiger charge is -2.23. The molecule has 0 aromatic carbocycles. The number of carbonyl (C=O) groups excluding carboxylic acids is 3. The Bertz CT molecular complexity index is 382. The molecule has 3 N–H and O–H groups in total. The Kier molecular flexibility index (Phi) is 5.06. The highest BCUT2D eigenvalue weighted by atomic mass is 35.5. The van der Waals surface area contributed by atoms with E-state index >= 15 is 0 Å². The second-order valence-electron chi connectivity index (χ2n) is 3.49. The van der Waals surface area contributed by atoms with Crippen LogP contribution in [0.3, 0.4) is 0 Å². The number of cyclic esters (lactones) is 3. The number of ether oxygens (including phenoxy) is 3. The highest BCUT2D eigenvalue weighted by molar-refractivity contribution is 6.33. The highest BCUT2D eigenvalue weighted by Gasteiger charge is 2.47. The number of esters is 3. The van der Waals surface area contributed by atoms with Crippen molar-refractivity contribution in [3.8, 4) is 0 Å². The zero-order valence-electron chi connectivity index (χ0n) is 9.45. The summed E-state index contributed by atoms with van der Waals surface area (Å²) < 4.78 is 13.4. The molecule has 1 rings (SSSR count). The summed E-state index contributed by atoms with van der Waals surface area (Å²) in [4.78, 5) is 34.5. The van der Waals surface area contributed by atoms with Crippen LogP contribution in [0.15, 0.2) is 0 Å². The van der Waals surface area contributed by atoms with Crippen LogP contribution >= 0.6 is 11.6 Å². The number of halogens is 1. The number of hydrogen-bond donors (Lipinski definition) is 3. The van der Waals surface area contributed by atoms with E-state index in [-0.39, 0.29) is 0 Å². The Hall–Kier alpha value is -1.42. The Morgan fingerprint density at radius 2 is 1.53 bits per heavy atom. The number of aliphatic hydroxyl groups excluding tert-OH is 3. The molecule has 10 heteroatoms. The summed E-state index contributed by atoms with van der Waals surface area (Å²) >= 11 is 5.55. The lowest BCUT2D eigenvalue weighted by molar-refractivity contribution is -0.180. The van der Waals surface area contributed by atoms with Gasteiger partial charge in [-0.2, -0.15) is 0 Å². The van der Waals surface area contributed by atoms with Gasteiger partial charge in [0, 0.05) is 0 Å². The third kappa shape index (κ3) is 3.32. The van der Waals surface area contributed by atoms with Gasteiger partial charge in [0.25, 0.3) is 0 Å². The fraction of sp³-hybridized carbons (Fsp3) is 0.667. The van der Waals surface area contributed by atoms with Crippen LogP contribution in [0, 0.1) is 0 Å². The van der Waals surface area contributed by atoms with E-state index in [1.165, 1.54) is 0 Å². The normalized spacial score (nSPS) is 32.5. The largest absolute Gasteiger partial charge is 0.445 e. The molecule has 0 radical (unpaired) electrons.